The third-order valence-corrected chi connectivity index (χ3v) is 3.69. The van der Waals surface area contributed by atoms with Crippen LogP contribution < -0.4 is 5.32 Å². The fraction of sp³-hybridized carbons (Fsp3) is 0.364. The van der Waals surface area contributed by atoms with Gasteiger partial charge in [0.25, 0.3) is 0 Å². The van der Waals surface area contributed by atoms with Gasteiger partial charge in [0.1, 0.15) is 0 Å². The molecule has 5 heteroatoms. The first-order chi connectivity index (χ1) is 7.79. The highest BCUT2D eigenvalue weighted by molar-refractivity contribution is 9.10. The highest BCUT2D eigenvalue weighted by Crippen LogP contribution is 2.29. The number of nitrogens with zero attached hydrogens (tertiary/aromatic N) is 1. The Hall–Kier alpha value is -0.650. The molecule has 2 heterocycles. The number of thiazole rings is 1. The van der Waals surface area contributed by atoms with Crippen LogP contribution in [0.4, 0.5) is 0 Å². The number of halogens is 1. The fourth-order valence-corrected chi connectivity index (χ4v) is 2.63. The number of nitrogens with one attached hydrogen (secondary N) is 1. The molecular weight excluding hydrogens is 288 g/mol. The first kappa shape index (κ1) is 11.8. The summed E-state index contributed by atoms with van der Waals surface area (Å²) < 4.78 is 6.21. The van der Waals surface area contributed by atoms with Gasteiger partial charge in [-0.3, -0.25) is 0 Å². The number of hydrogen-bond donors (Lipinski definition) is 1. The summed E-state index contributed by atoms with van der Waals surface area (Å²) in [6, 6.07) is 3.82. The molecule has 0 unspecified atom stereocenters. The van der Waals surface area contributed by atoms with E-state index in [4.69, 9.17) is 4.42 Å². The molecule has 0 atom stereocenters. The van der Waals surface area contributed by atoms with Gasteiger partial charge in [0, 0.05) is 11.1 Å². The van der Waals surface area contributed by atoms with Crippen LogP contribution in [0.15, 0.2) is 27.4 Å². The monoisotopic (exact) mass is 300 g/mol. The Kier molecular flexibility index (Phi) is 4.15. The Bertz CT molecular complexity index is 452. The van der Waals surface area contributed by atoms with E-state index in [9.17, 15) is 0 Å². The maximum Gasteiger partial charge on any atom is 0.170 e. The second-order valence-electron chi connectivity index (χ2n) is 3.44. The van der Waals surface area contributed by atoms with Crippen LogP contribution in [0.1, 0.15) is 11.3 Å². The minimum absolute atomic E-state index is 0.745. The molecule has 0 saturated carbocycles. The average molecular weight is 301 g/mol. The van der Waals surface area contributed by atoms with Gasteiger partial charge in [-0.1, -0.05) is 0 Å². The summed E-state index contributed by atoms with van der Waals surface area (Å²) >= 11 is 4.99. The number of rotatable bonds is 5. The van der Waals surface area contributed by atoms with Crippen LogP contribution in [0.2, 0.25) is 0 Å². The van der Waals surface area contributed by atoms with Crippen LogP contribution >= 0.6 is 27.3 Å². The van der Waals surface area contributed by atoms with Gasteiger partial charge in [0.05, 0.1) is 0 Å². The lowest BCUT2D eigenvalue weighted by atomic mass is 10.3. The van der Waals surface area contributed by atoms with Gasteiger partial charge in [-0.05, 0) is 54.5 Å². The van der Waals surface area contributed by atoms with Gasteiger partial charge in [0.2, 0.25) is 0 Å². The van der Waals surface area contributed by atoms with E-state index in [2.05, 4.69) is 26.2 Å². The van der Waals surface area contributed by atoms with E-state index in [0.29, 0.717) is 0 Å². The molecular formula is C11H13BrN2OS. The van der Waals surface area contributed by atoms with Gasteiger partial charge in [0.15, 0.2) is 15.4 Å². The molecule has 16 heavy (non-hydrogen) atoms. The third-order valence-electron chi connectivity index (χ3n) is 2.19. The lowest BCUT2D eigenvalue weighted by molar-refractivity contribution is 0.555. The Morgan fingerprint density at radius 2 is 2.38 bits per heavy atom. The Morgan fingerprint density at radius 3 is 3.06 bits per heavy atom. The van der Waals surface area contributed by atoms with Crippen molar-refractivity contribution < 1.29 is 4.42 Å². The molecule has 0 aliphatic rings. The SMILES string of the molecule is CNCCCc1cnc(-c2ccc(Br)o2)s1. The molecule has 0 aromatic carbocycles. The predicted octanol–water partition coefficient (Wildman–Crippen LogP) is 3.32. The topological polar surface area (TPSA) is 38.1 Å². The molecule has 0 spiro atoms. The summed E-state index contributed by atoms with van der Waals surface area (Å²) in [5.74, 6) is 0.830. The van der Waals surface area contributed by atoms with Crippen molar-refractivity contribution >= 4 is 27.3 Å². The normalized spacial score (nSPS) is 10.9. The second kappa shape index (κ2) is 5.61. The maximum atomic E-state index is 5.46. The van der Waals surface area contributed by atoms with Crippen molar-refractivity contribution in [1.29, 1.82) is 0 Å². The summed E-state index contributed by atoms with van der Waals surface area (Å²) in [4.78, 5) is 5.67. The van der Waals surface area contributed by atoms with Crippen LogP contribution in [0.3, 0.4) is 0 Å². The molecule has 2 aromatic rings. The zero-order valence-electron chi connectivity index (χ0n) is 9.00. The Morgan fingerprint density at radius 1 is 1.50 bits per heavy atom. The molecule has 2 aromatic heterocycles. The van der Waals surface area contributed by atoms with Crippen molar-refractivity contribution in [3.8, 4) is 10.8 Å². The molecule has 0 bridgehead atoms. The fourth-order valence-electron chi connectivity index (χ4n) is 1.41. The van der Waals surface area contributed by atoms with E-state index in [-0.39, 0.29) is 0 Å². The molecule has 2 rings (SSSR count). The van der Waals surface area contributed by atoms with E-state index in [1.165, 1.54) is 4.88 Å². The number of aryl methyl sites for hydroxylation is 1. The lowest BCUT2D eigenvalue weighted by Gasteiger charge is -1.95. The maximum absolute atomic E-state index is 5.46. The molecule has 3 nitrogen and oxygen atoms in total. The molecule has 0 amide bonds. The van der Waals surface area contributed by atoms with Gasteiger partial charge in [-0.15, -0.1) is 11.3 Å². The first-order valence-corrected chi connectivity index (χ1v) is 6.75. The summed E-state index contributed by atoms with van der Waals surface area (Å²) in [6.07, 6.45) is 4.15. The van der Waals surface area contributed by atoms with Crippen LogP contribution in [-0.4, -0.2) is 18.6 Å². The highest BCUT2D eigenvalue weighted by Gasteiger charge is 2.08. The molecule has 0 aliphatic heterocycles. The van der Waals surface area contributed by atoms with Gasteiger partial charge in [-0.25, -0.2) is 4.98 Å². The molecule has 0 radical (unpaired) electrons. The van der Waals surface area contributed by atoms with Gasteiger partial charge < -0.3 is 9.73 Å². The van der Waals surface area contributed by atoms with E-state index < -0.39 is 0 Å². The predicted molar refractivity (Wildman–Crippen MR) is 69.8 cm³/mol. The average Bonchev–Trinajstić information content (AvgIpc) is 2.87. The standard InChI is InChI=1S/C11H13BrN2OS/c1-13-6-2-3-8-7-14-11(16-8)9-4-5-10(12)15-9/h4-5,7,13H,2-3,6H2,1H3. The largest absolute Gasteiger partial charge is 0.447 e. The van der Waals surface area contributed by atoms with Crippen LogP contribution in [0.25, 0.3) is 10.8 Å². The van der Waals surface area contributed by atoms with Crippen LogP contribution in [0, 0.1) is 0 Å². The number of aromatic nitrogens is 1. The van der Waals surface area contributed by atoms with Gasteiger partial charge >= 0.3 is 0 Å². The Balaban J connectivity index is 2.02. The summed E-state index contributed by atoms with van der Waals surface area (Å²) in [6.45, 7) is 1.04. The van der Waals surface area contributed by atoms with E-state index in [0.717, 1.165) is 34.8 Å². The highest BCUT2D eigenvalue weighted by atomic mass is 79.9. The van der Waals surface area contributed by atoms with E-state index >= 15 is 0 Å². The van der Waals surface area contributed by atoms with Crippen molar-refractivity contribution in [2.45, 2.75) is 12.8 Å². The third kappa shape index (κ3) is 2.93. The van der Waals surface area contributed by atoms with E-state index in [1.54, 1.807) is 11.3 Å². The van der Waals surface area contributed by atoms with Crippen molar-refractivity contribution in [3.05, 3.63) is 27.9 Å². The zero-order chi connectivity index (χ0) is 11.4. The quantitative estimate of drug-likeness (QED) is 0.861. The summed E-state index contributed by atoms with van der Waals surface area (Å²) in [7, 11) is 1.97. The second-order valence-corrected chi connectivity index (χ2v) is 5.34. The molecule has 1 N–H and O–H groups in total. The minimum atomic E-state index is 0.745. The van der Waals surface area contributed by atoms with Crippen molar-refractivity contribution in [3.63, 3.8) is 0 Å². The van der Waals surface area contributed by atoms with Crippen LogP contribution in [-0.2, 0) is 6.42 Å². The molecule has 86 valence electrons. The van der Waals surface area contributed by atoms with Gasteiger partial charge in [-0.2, -0.15) is 0 Å². The van der Waals surface area contributed by atoms with E-state index in [1.807, 2.05) is 25.4 Å². The number of furan rings is 1. The number of hydrogen-bond acceptors (Lipinski definition) is 4. The summed E-state index contributed by atoms with van der Waals surface area (Å²) in [5, 5.41) is 4.09. The van der Waals surface area contributed by atoms with Crippen LogP contribution in [0.5, 0.6) is 0 Å². The molecule has 0 fully saturated rings. The molecule has 0 aliphatic carbocycles. The first-order valence-electron chi connectivity index (χ1n) is 5.14. The molecule has 0 saturated heterocycles. The van der Waals surface area contributed by atoms with Crippen molar-refractivity contribution in [2.75, 3.05) is 13.6 Å². The minimum Gasteiger partial charge on any atom is -0.447 e. The smallest absolute Gasteiger partial charge is 0.170 e. The van der Waals surface area contributed by atoms with Crippen molar-refractivity contribution in [1.82, 2.24) is 10.3 Å². The Labute approximate surface area is 107 Å². The lowest BCUT2D eigenvalue weighted by Crippen LogP contribution is -2.07. The summed E-state index contributed by atoms with van der Waals surface area (Å²) in [5.41, 5.74) is 0. The van der Waals surface area contributed by atoms with Crippen molar-refractivity contribution in [2.24, 2.45) is 0 Å². The zero-order valence-corrected chi connectivity index (χ0v) is 11.4.